The first-order chi connectivity index (χ1) is 10.9. The van der Waals surface area contributed by atoms with Crippen LogP contribution in [0.2, 0.25) is 0 Å². The van der Waals surface area contributed by atoms with Gasteiger partial charge in [0.2, 0.25) is 0 Å². The molecule has 2 amide bonds. The minimum Gasteiger partial charge on any atom is -0.368 e. The van der Waals surface area contributed by atoms with Gasteiger partial charge in [0.1, 0.15) is 0 Å². The fourth-order valence-electron chi connectivity index (χ4n) is 3.30. The minimum absolute atomic E-state index is 0.306. The lowest BCUT2D eigenvalue weighted by atomic mass is 10.0. The number of nitrogens with one attached hydrogen (secondary N) is 2. The molecule has 2 atom stereocenters. The highest BCUT2D eigenvalue weighted by Gasteiger charge is 2.27. The van der Waals surface area contributed by atoms with Gasteiger partial charge < -0.3 is 10.2 Å². The number of rotatable bonds is 2. The van der Waals surface area contributed by atoms with Gasteiger partial charge in [0, 0.05) is 30.9 Å². The molecule has 0 spiro atoms. The second-order valence-corrected chi connectivity index (χ2v) is 7.25. The topological polar surface area (TPSA) is 61.4 Å². The molecule has 23 heavy (non-hydrogen) atoms. The van der Waals surface area contributed by atoms with Crippen LogP contribution >= 0.6 is 11.8 Å². The first-order valence-corrected chi connectivity index (χ1v) is 8.61. The van der Waals surface area contributed by atoms with Crippen molar-refractivity contribution in [3.8, 4) is 0 Å². The summed E-state index contributed by atoms with van der Waals surface area (Å²) in [7, 11) is 0. The van der Waals surface area contributed by atoms with E-state index in [0.717, 1.165) is 36.1 Å². The van der Waals surface area contributed by atoms with Crippen molar-refractivity contribution in [3.63, 3.8) is 0 Å². The van der Waals surface area contributed by atoms with E-state index >= 15 is 0 Å². The van der Waals surface area contributed by atoms with Gasteiger partial charge in [-0.1, -0.05) is 18.2 Å². The second-order valence-electron chi connectivity index (χ2n) is 6.24. The summed E-state index contributed by atoms with van der Waals surface area (Å²) in [6.45, 7) is 8.28. The smallest absolute Gasteiger partial charge is 0.290 e. The second kappa shape index (κ2) is 6.37. The Bertz CT molecular complexity index is 676. The van der Waals surface area contributed by atoms with Crippen molar-refractivity contribution in [2.24, 2.45) is 0 Å². The first kappa shape index (κ1) is 16.1. The standard InChI is InChI=1S/C17H21N3O2S/c1-10-5-4-6-13(7-14-16(21)19-17(22)23-14)15(10)20-8-11(2)18-12(3)9-20/h4-7,11-12,18H,8-9H2,1-3H3,(H,19,21,22)/b14-7-/t11-,12+. The predicted octanol–water partition coefficient (Wildman–Crippen LogP) is 2.51. The third kappa shape index (κ3) is 3.43. The molecule has 5 nitrogen and oxygen atoms in total. The van der Waals surface area contributed by atoms with Crippen LogP contribution in [0.5, 0.6) is 0 Å². The molecule has 3 rings (SSSR count). The highest BCUT2D eigenvalue weighted by molar-refractivity contribution is 8.18. The fourth-order valence-corrected chi connectivity index (χ4v) is 3.97. The van der Waals surface area contributed by atoms with Crippen LogP contribution in [-0.4, -0.2) is 36.3 Å². The molecule has 0 aliphatic carbocycles. The van der Waals surface area contributed by atoms with Gasteiger partial charge in [-0.15, -0.1) is 0 Å². The van der Waals surface area contributed by atoms with E-state index in [1.165, 1.54) is 5.56 Å². The lowest BCUT2D eigenvalue weighted by Crippen LogP contribution is -2.54. The zero-order valence-electron chi connectivity index (χ0n) is 13.6. The van der Waals surface area contributed by atoms with Crippen LogP contribution in [0.25, 0.3) is 6.08 Å². The number of thioether (sulfide) groups is 1. The van der Waals surface area contributed by atoms with E-state index in [1.807, 2.05) is 18.2 Å². The third-order valence-electron chi connectivity index (χ3n) is 4.07. The average Bonchev–Trinajstić information content (AvgIpc) is 2.76. The Hall–Kier alpha value is -1.79. The van der Waals surface area contributed by atoms with Crippen molar-refractivity contribution < 1.29 is 9.59 Å². The molecule has 2 saturated heterocycles. The minimum atomic E-state index is -0.311. The first-order valence-electron chi connectivity index (χ1n) is 7.79. The number of carbonyl (C=O) groups excluding carboxylic acids is 2. The molecule has 2 aliphatic rings. The number of nitrogens with zero attached hydrogens (tertiary/aromatic N) is 1. The van der Waals surface area contributed by atoms with E-state index in [1.54, 1.807) is 0 Å². The van der Waals surface area contributed by atoms with Crippen LogP contribution in [-0.2, 0) is 4.79 Å². The van der Waals surface area contributed by atoms with Crippen LogP contribution in [0, 0.1) is 6.92 Å². The van der Waals surface area contributed by atoms with Crippen molar-refractivity contribution in [3.05, 3.63) is 34.2 Å². The predicted molar refractivity (Wildman–Crippen MR) is 94.6 cm³/mol. The van der Waals surface area contributed by atoms with Gasteiger partial charge in [-0.25, -0.2) is 0 Å². The largest absolute Gasteiger partial charge is 0.368 e. The number of amides is 2. The van der Waals surface area contributed by atoms with Crippen molar-refractivity contribution in [2.45, 2.75) is 32.9 Å². The highest BCUT2D eigenvalue weighted by Crippen LogP contribution is 2.32. The molecular formula is C17H21N3O2S. The molecule has 0 saturated carbocycles. The molecule has 1 aromatic carbocycles. The molecule has 2 heterocycles. The zero-order valence-corrected chi connectivity index (χ0v) is 14.4. The zero-order chi connectivity index (χ0) is 16.6. The Balaban J connectivity index is 1.99. The molecule has 122 valence electrons. The average molecular weight is 331 g/mol. The molecule has 0 bridgehead atoms. The Morgan fingerprint density at radius 1 is 1.22 bits per heavy atom. The number of imide groups is 1. The molecule has 0 aromatic heterocycles. The van der Waals surface area contributed by atoms with Crippen molar-refractivity contribution >= 4 is 34.7 Å². The van der Waals surface area contributed by atoms with Gasteiger partial charge in [0.25, 0.3) is 11.1 Å². The maximum atomic E-state index is 11.8. The number of benzene rings is 1. The number of anilines is 1. The van der Waals surface area contributed by atoms with Gasteiger partial charge in [-0.3, -0.25) is 14.9 Å². The summed E-state index contributed by atoms with van der Waals surface area (Å²) in [6, 6.07) is 6.89. The molecule has 2 N–H and O–H groups in total. The fraction of sp³-hybridized carbons (Fsp3) is 0.412. The molecule has 1 aromatic rings. The number of para-hydroxylation sites is 1. The molecule has 0 radical (unpaired) electrons. The van der Waals surface area contributed by atoms with Gasteiger partial charge in [-0.2, -0.15) is 0 Å². The number of hydrogen-bond donors (Lipinski definition) is 2. The monoisotopic (exact) mass is 331 g/mol. The Labute approximate surface area is 140 Å². The highest BCUT2D eigenvalue weighted by atomic mass is 32.2. The Kier molecular flexibility index (Phi) is 4.46. The molecule has 2 aliphatic heterocycles. The summed E-state index contributed by atoms with van der Waals surface area (Å²) in [4.78, 5) is 26.0. The number of piperazine rings is 1. The van der Waals surface area contributed by atoms with Crippen molar-refractivity contribution in [2.75, 3.05) is 18.0 Å². The summed E-state index contributed by atoms with van der Waals surface area (Å²) in [6.07, 6.45) is 1.82. The maximum Gasteiger partial charge on any atom is 0.290 e. The Morgan fingerprint density at radius 3 is 2.52 bits per heavy atom. The summed E-state index contributed by atoms with van der Waals surface area (Å²) < 4.78 is 0. The molecule has 0 unspecified atom stereocenters. The lowest BCUT2D eigenvalue weighted by molar-refractivity contribution is -0.115. The molecular weight excluding hydrogens is 310 g/mol. The van der Waals surface area contributed by atoms with Gasteiger partial charge in [0.15, 0.2) is 0 Å². The van der Waals surface area contributed by atoms with Gasteiger partial charge in [0.05, 0.1) is 4.91 Å². The SMILES string of the molecule is Cc1cccc(/C=C2\SC(=O)NC2=O)c1N1C[C@@H](C)N[C@@H](C)C1. The summed E-state index contributed by atoms with van der Waals surface area (Å²) in [5.74, 6) is -0.311. The summed E-state index contributed by atoms with van der Waals surface area (Å²) in [5, 5.41) is 5.54. The van der Waals surface area contributed by atoms with Crippen LogP contribution in [0.3, 0.4) is 0 Å². The van der Waals surface area contributed by atoms with Crippen LogP contribution < -0.4 is 15.5 Å². The van der Waals surface area contributed by atoms with Crippen LogP contribution in [0.15, 0.2) is 23.1 Å². The van der Waals surface area contributed by atoms with E-state index in [4.69, 9.17) is 0 Å². The van der Waals surface area contributed by atoms with Gasteiger partial charge >= 0.3 is 0 Å². The maximum absolute atomic E-state index is 11.8. The Morgan fingerprint density at radius 2 is 1.91 bits per heavy atom. The lowest BCUT2D eigenvalue weighted by Gasteiger charge is -2.39. The van der Waals surface area contributed by atoms with Gasteiger partial charge in [-0.05, 0) is 49.7 Å². The van der Waals surface area contributed by atoms with E-state index in [9.17, 15) is 9.59 Å². The van der Waals surface area contributed by atoms with Crippen LogP contribution in [0.4, 0.5) is 10.5 Å². The van der Waals surface area contributed by atoms with E-state index in [0.29, 0.717) is 17.0 Å². The summed E-state index contributed by atoms with van der Waals surface area (Å²) in [5.41, 5.74) is 3.31. The molecule has 2 fully saturated rings. The third-order valence-corrected chi connectivity index (χ3v) is 4.88. The normalized spacial score (nSPS) is 26.7. The van der Waals surface area contributed by atoms with E-state index in [2.05, 4.69) is 42.4 Å². The number of carbonyl (C=O) groups is 2. The van der Waals surface area contributed by atoms with E-state index < -0.39 is 0 Å². The van der Waals surface area contributed by atoms with E-state index in [-0.39, 0.29) is 11.1 Å². The van der Waals surface area contributed by atoms with Crippen molar-refractivity contribution in [1.29, 1.82) is 0 Å². The number of hydrogen-bond acceptors (Lipinski definition) is 5. The summed E-state index contributed by atoms with van der Waals surface area (Å²) >= 11 is 0.961. The van der Waals surface area contributed by atoms with Crippen LogP contribution in [0.1, 0.15) is 25.0 Å². The van der Waals surface area contributed by atoms with Crippen molar-refractivity contribution in [1.82, 2.24) is 10.6 Å². The quantitative estimate of drug-likeness (QED) is 0.816. The molecule has 6 heteroatoms. The number of aryl methyl sites for hydroxylation is 1.